The minimum absolute atomic E-state index is 0.0186. The maximum Gasteiger partial charge on any atom is 0.220 e. The van der Waals surface area contributed by atoms with Crippen molar-refractivity contribution in [1.82, 2.24) is 9.88 Å². The summed E-state index contributed by atoms with van der Waals surface area (Å²) in [5.74, 6) is 3.35. The Balaban J connectivity index is 1.25. The van der Waals surface area contributed by atoms with Crippen molar-refractivity contribution in [2.24, 2.45) is 17.8 Å². The molecular formula is C40H51FN4O. The van der Waals surface area contributed by atoms with Crippen LogP contribution in [0.15, 0.2) is 83.3 Å². The van der Waals surface area contributed by atoms with Crippen molar-refractivity contribution in [3.63, 3.8) is 0 Å². The molecule has 5 nitrogen and oxygen atoms in total. The molecule has 0 bridgehead atoms. The lowest BCUT2D eigenvalue weighted by Crippen LogP contribution is -2.34. The molecule has 1 aliphatic carbocycles. The Morgan fingerprint density at radius 2 is 1.65 bits per heavy atom. The molecule has 6 heteroatoms. The van der Waals surface area contributed by atoms with Crippen LogP contribution < -0.4 is 10.2 Å². The number of hydrogen-bond acceptors (Lipinski definition) is 5. The average molecular weight is 623 g/mol. The molecule has 3 aromatic carbocycles. The van der Waals surface area contributed by atoms with Gasteiger partial charge in [-0.15, -0.1) is 0 Å². The highest BCUT2D eigenvalue weighted by Gasteiger charge is 2.33. The lowest BCUT2D eigenvalue weighted by atomic mass is 9.74. The van der Waals surface area contributed by atoms with Crippen LogP contribution in [0.4, 0.5) is 16.0 Å². The highest BCUT2D eigenvalue weighted by molar-refractivity contribution is 5.52. The maximum absolute atomic E-state index is 13.7. The van der Waals surface area contributed by atoms with E-state index in [1.54, 1.807) is 12.1 Å². The van der Waals surface area contributed by atoms with E-state index in [9.17, 15) is 4.39 Å². The van der Waals surface area contributed by atoms with Gasteiger partial charge in [0.05, 0.1) is 0 Å². The number of hydrogen-bond donors (Lipinski definition) is 1. The topological polar surface area (TPSA) is 44.5 Å². The van der Waals surface area contributed by atoms with Crippen molar-refractivity contribution in [2.75, 3.05) is 37.4 Å². The molecule has 2 heterocycles. The fourth-order valence-electron chi connectivity index (χ4n) is 7.90. The summed E-state index contributed by atoms with van der Waals surface area (Å²) >= 11 is 0. The molecule has 0 spiro atoms. The smallest absolute Gasteiger partial charge is 0.220 e. The van der Waals surface area contributed by atoms with Gasteiger partial charge in [0.15, 0.2) is 0 Å². The number of oxazole rings is 1. The zero-order valence-electron chi connectivity index (χ0n) is 28.1. The van der Waals surface area contributed by atoms with Crippen LogP contribution in [0.5, 0.6) is 0 Å². The van der Waals surface area contributed by atoms with Crippen LogP contribution in [0, 0.1) is 30.5 Å². The Morgan fingerprint density at radius 1 is 0.935 bits per heavy atom. The highest BCUT2D eigenvalue weighted by Crippen LogP contribution is 2.43. The maximum atomic E-state index is 13.7. The standard InChI is InChI=1S/C40H51FN4O/c1-28-11-10-24-45(27-28)40-37(26-30-13-6-5-7-14-30)43-39(46-40)36(42-35-15-9-8-12-29(35)2)25-31-16-18-32(19-17-31)38(44(3)4)33-20-22-34(41)23-21-33/h5-9,12-15,20-23,28,31-32,36,38,42H,10-11,16-19,24-27H2,1-4H3. The number of benzene rings is 3. The molecule has 0 radical (unpaired) electrons. The highest BCUT2D eigenvalue weighted by atomic mass is 19.1. The second kappa shape index (κ2) is 14.8. The van der Waals surface area contributed by atoms with Gasteiger partial charge in [0.1, 0.15) is 17.6 Å². The zero-order chi connectivity index (χ0) is 32.0. The molecule has 3 unspecified atom stereocenters. The summed E-state index contributed by atoms with van der Waals surface area (Å²) in [6.07, 6.45) is 8.83. The Morgan fingerprint density at radius 3 is 2.35 bits per heavy atom. The molecule has 0 amide bonds. The second-order valence-electron chi connectivity index (χ2n) is 14.1. The molecular weight excluding hydrogens is 571 g/mol. The largest absolute Gasteiger partial charge is 0.423 e. The monoisotopic (exact) mass is 622 g/mol. The van der Waals surface area contributed by atoms with E-state index in [2.05, 4.69) is 97.7 Å². The van der Waals surface area contributed by atoms with Crippen molar-refractivity contribution in [1.29, 1.82) is 0 Å². The minimum atomic E-state index is -0.173. The minimum Gasteiger partial charge on any atom is -0.423 e. The lowest BCUT2D eigenvalue weighted by molar-refractivity contribution is 0.143. The van der Waals surface area contributed by atoms with Gasteiger partial charge in [-0.2, -0.15) is 0 Å². The first-order valence-electron chi connectivity index (χ1n) is 17.4. The summed E-state index contributed by atoms with van der Waals surface area (Å²) in [5, 5.41) is 3.89. The third-order valence-corrected chi connectivity index (χ3v) is 10.3. The zero-order valence-corrected chi connectivity index (χ0v) is 28.1. The number of rotatable bonds is 11. The predicted molar refractivity (Wildman–Crippen MR) is 187 cm³/mol. The quantitative estimate of drug-likeness (QED) is 0.180. The molecule has 2 fully saturated rings. The van der Waals surface area contributed by atoms with E-state index in [1.807, 2.05) is 12.1 Å². The van der Waals surface area contributed by atoms with Crippen LogP contribution in [0.3, 0.4) is 0 Å². The number of nitrogens with one attached hydrogen (secondary N) is 1. The van der Waals surface area contributed by atoms with E-state index < -0.39 is 0 Å². The number of anilines is 2. The van der Waals surface area contributed by atoms with Crippen molar-refractivity contribution >= 4 is 11.6 Å². The Bertz CT molecular complexity index is 1530. The van der Waals surface area contributed by atoms with Crippen molar-refractivity contribution in [3.8, 4) is 0 Å². The van der Waals surface area contributed by atoms with Crippen LogP contribution in [-0.4, -0.2) is 37.1 Å². The van der Waals surface area contributed by atoms with E-state index in [1.165, 1.54) is 29.5 Å². The van der Waals surface area contributed by atoms with E-state index in [0.29, 0.717) is 23.8 Å². The molecule has 3 atom stereocenters. The summed E-state index contributed by atoms with van der Waals surface area (Å²) in [6, 6.07) is 26.6. The fraction of sp³-hybridized carbons (Fsp3) is 0.475. The van der Waals surface area contributed by atoms with Gasteiger partial charge >= 0.3 is 0 Å². The van der Waals surface area contributed by atoms with E-state index in [-0.39, 0.29) is 11.9 Å². The van der Waals surface area contributed by atoms with Crippen LogP contribution in [0.2, 0.25) is 0 Å². The second-order valence-corrected chi connectivity index (χ2v) is 14.1. The Hall–Kier alpha value is -3.64. The number of aryl methyl sites for hydroxylation is 1. The molecule has 1 saturated carbocycles. The number of piperidine rings is 1. The van der Waals surface area contributed by atoms with Gasteiger partial charge in [0.25, 0.3) is 0 Å². The summed E-state index contributed by atoms with van der Waals surface area (Å²) in [5.41, 5.74) is 5.88. The van der Waals surface area contributed by atoms with E-state index in [4.69, 9.17) is 9.40 Å². The van der Waals surface area contributed by atoms with Gasteiger partial charge in [-0.05, 0) is 106 Å². The average Bonchev–Trinajstić information content (AvgIpc) is 3.47. The van der Waals surface area contributed by atoms with Crippen LogP contribution in [0.1, 0.15) is 92.2 Å². The van der Waals surface area contributed by atoms with E-state index in [0.717, 1.165) is 74.8 Å². The molecule has 1 aromatic heterocycles. The Kier molecular flexibility index (Phi) is 10.4. The first kappa shape index (κ1) is 32.3. The SMILES string of the molecule is Cc1ccccc1NC(CC1CCC(C(c2ccc(F)cc2)N(C)C)CC1)c1nc(Cc2ccccc2)c(N2CCCC(C)C2)o1. The van der Waals surface area contributed by atoms with Gasteiger partial charge in [-0.3, -0.25) is 0 Å². The molecule has 6 rings (SSSR count). The van der Waals surface area contributed by atoms with Crippen molar-refractivity contribution in [2.45, 2.75) is 77.3 Å². The first-order valence-corrected chi connectivity index (χ1v) is 17.4. The summed E-state index contributed by atoms with van der Waals surface area (Å²) < 4.78 is 20.6. The van der Waals surface area contributed by atoms with Gasteiger partial charge in [-0.1, -0.05) is 80.4 Å². The van der Waals surface area contributed by atoms with Crippen molar-refractivity contribution < 1.29 is 8.81 Å². The number of halogens is 1. The van der Waals surface area contributed by atoms with Crippen LogP contribution in [-0.2, 0) is 6.42 Å². The number of para-hydroxylation sites is 1. The van der Waals surface area contributed by atoms with Gasteiger partial charge in [-0.25, -0.2) is 9.37 Å². The molecule has 1 N–H and O–H groups in total. The number of aromatic nitrogens is 1. The third-order valence-electron chi connectivity index (χ3n) is 10.3. The van der Waals surface area contributed by atoms with Gasteiger partial charge in [0, 0.05) is 31.2 Å². The molecule has 244 valence electrons. The van der Waals surface area contributed by atoms with Gasteiger partial charge in [0.2, 0.25) is 11.8 Å². The molecule has 4 aromatic rings. The molecule has 1 aliphatic heterocycles. The Labute approximate surface area is 275 Å². The predicted octanol–water partition coefficient (Wildman–Crippen LogP) is 9.60. The van der Waals surface area contributed by atoms with Crippen molar-refractivity contribution in [3.05, 3.63) is 113 Å². The molecule has 46 heavy (non-hydrogen) atoms. The normalized spacial score (nSPS) is 21.7. The third kappa shape index (κ3) is 7.83. The number of nitrogens with zero attached hydrogens (tertiary/aromatic N) is 3. The first-order chi connectivity index (χ1) is 22.3. The van der Waals surface area contributed by atoms with Gasteiger partial charge < -0.3 is 19.5 Å². The van der Waals surface area contributed by atoms with Crippen LogP contribution in [0.25, 0.3) is 0 Å². The van der Waals surface area contributed by atoms with Crippen LogP contribution >= 0.6 is 0 Å². The van der Waals surface area contributed by atoms with E-state index >= 15 is 0 Å². The fourth-order valence-corrected chi connectivity index (χ4v) is 7.90. The molecule has 2 aliphatic rings. The lowest BCUT2D eigenvalue weighted by Gasteiger charge is -2.38. The summed E-state index contributed by atoms with van der Waals surface area (Å²) in [7, 11) is 4.30. The summed E-state index contributed by atoms with van der Waals surface area (Å²) in [4.78, 5) is 10.1. The molecule has 1 saturated heterocycles. The summed E-state index contributed by atoms with van der Waals surface area (Å²) in [6.45, 7) is 6.54.